The fraction of sp³-hybridized carbons (Fsp3) is 0.108. The van der Waals surface area contributed by atoms with E-state index in [-0.39, 0.29) is 5.97 Å². The molecular weight excluding hydrogens is 506 g/mol. The van der Waals surface area contributed by atoms with Gasteiger partial charge in [-0.1, -0.05) is 71.8 Å². The minimum absolute atomic E-state index is 0.339. The third kappa shape index (κ3) is 6.74. The maximum absolute atomic E-state index is 11.4. The first-order valence-electron chi connectivity index (χ1n) is 13.6. The second-order valence-electron chi connectivity index (χ2n) is 10.0. The largest absolute Gasteiger partial charge is 0.497 e. The number of benzene rings is 5. The second kappa shape index (κ2) is 12.4. The summed E-state index contributed by atoms with van der Waals surface area (Å²) in [7, 11) is 1.66. The van der Waals surface area contributed by atoms with Gasteiger partial charge < -0.3 is 14.4 Å². The summed E-state index contributed by atoms with van der Waals surface area (Å²) >= 11 is 0. The Labute approximate surface area is 242 Å². The van der Waals surface area contributed by atoms with E-state index in [0.717, 1.165) is 45.1 Å². The quantitative estimate of drug-likeness (QED) is 0.112. The predicted molar refractivity (Wildman–Crippen MR) is 168 cm³/mol. The Hall–Kier alpha value is -5.09. The highest BCUT2D eigenvalue weighted by Gasteiger charge is 2.13. The number of methoxy groups -OCH3 is 1. The van der Waals surface area contributed by atoms with Crippen molar-refractivity contribution < 1.29 is 14.3 Å². The molecule has 4 heteroatoms. The van der Waals surface area contributed by atoms with Gasteiger partial charge in [-0.15, -0.1) is 0 Å². The van der Waals surface area contributed by atoms with Gasteiger partial charge in [0, 0.05) is 24.0 Å². The zero-order valence-corrected chi connectivity index (χ0v) is 23.8. The van der Waals surface area contributed by atoms with Crippen molar-refractivity contribution in [2.45, 2.75) is 20.8 Å². The second-order valence-corrected chi connectivity index (χ2v) is 10.0. The molecule has 0 unspecified atom stereocenters. The molecule has 0 aliphatic rings. The molecule has 0 saturated heterocycles. The number of aryl methyl sites for hydroxylation is 2. The zero-order valence-electron chi connectivity index (χ0n) is 23.8. The van der Waals surface area contributed by atoms with Gasteiger partial charge in [0.1, 0.15) is 11.5 Å². The standard InChI is InChI=1S/C37H33NO3/c1-26-5-15-32(16-6-26)38(33-17-7-27(2)8-18-33)34-19-9-29(10-20-34)25-37(30-11-21-35(40-4)22-12-30)31-13-23-36(24-14-31)41-28(3)39/h5-25H,1-4H3. The maximum Gasteiger partial charge on any atom is 0.308 e. The maximum atomic E-state index is 11.4. The molecule has 0 spiro atoms. The van der Waals surface area contributed by atoms with Gasteiger partial charge in [0.2, 0.25) is 0 Å². The molecule has 0 atom stereocenters. The van der Waals surface area contributed by atoms with Crippen molar-refractivity contribution in [2.75, 3.05) is 12.0 Å². The van der Waals surface area contributed by atoms with E-state index in [0.29, 0.717) is 5.75 Å². The van der Waals surface area contributed by atoms with Gasteiger partial charge in [-0.3, -0.25) is 4.79 Å². The topological polar surface area (TPSA) is 38.8 Å². The van der Waals surface area contributed by atoms with Gasteiger partial charge in [-0.2, -0.15) is 0 Å². The fourth-order valence-corrected chi connectivity index (χ4v) is 4.69. The molecule has 5 rings (SSSR count). The molecule has 0 amide bonds. The SMILES string of the molecule is COc1ccc(C(=Cc2ccc(N(c3ccc(C)cc3)c3ccc(C)cc3)cc2)c2ccc(OC(C)=O)cc2)cc1. The summed E-state index contributed by atoms with van der Waals surface area (Å²) in [6.45, 7) is 5.61. The van der Waals surface area contributed by atoms with Gasteiger partial charge in [-0.05, 0) is 103 Å². The Morgan fingerprint density at radius 3 is 1.41 bits per heavy atom. The molecule has 0 aliphatic heterocycles. The monoisotopic (exact) mass is 539 g/mol. The number of hydrogen-bond donors (Lipinski definition) is 0. The minimum atomic E-state index is -0.339. The highest BCUT2D eigenvalue weighted by Crippen LogP contribution is 2.36. The van der Waals surface area contributed by atoms with Crippen LogP contribution in [0.3, 0.4) is 0 Å². The van der Waals surface area contributed by atoms with Crippen LogP contribution in [-0.4, -0.2) is 13.1 Å². The van der Waals surface area contributed by atoms with E-state index in [1.807, 2.05) is 36.4 Å². The first kappa shape index (κ1) is 27.5. The first-order chi connectivity index (χ1) is 19.9. The molecule has 0 saturated carbocycles. The van der Waals surface area contributed by atoms with Crippen LogP contribution in [-0.2, 0) is 4.79 Å². The van der Waals surface area contributed by atoms with Gasteiger partial charge in [-0.25, -0.2) is 0 Å². The van der Waals surface area contributed by atoms with Crippen molar-refractivity contribution in [3.05, 3.63) is 149 Å². The van der Waals surface area contributed by atoms with Gasteiger partial charge in [0.15, 0.2) is 0 Å². The number of anilines is 3. The van der Waals surface area contributed by atoms with Crippen molar-refractivity contribution in [3.63, 3.8) is 0 Å². The number of rotatable bonds is 8. The molecule has 0 aliphatic carbocycles. The van der Waals surface area contributed by atoms with Crippen LogP contribution in [0.25, 0.3) is 11.6 Å². The highest BCUT2D eigenvalue weighted by atomic mass is 16.5. The number of carbonyl (C=O) groups is 1. The molecule has 0 bridgehead atoms. The zero-order chi connectivity index (χ0) is 28.8. The molecule has 5 aromatic rings. The Kier molecular flexibility index (Phi) is 8.31. The van der Waals surface area contributed by atoms with E-state index < -0.39 is 0 Å². The number of carbonyl (C=O) groups excluding carboxylic acids is 1. The van der Waals surface area contributed by atoms with Crippen LogP contribution in [0, 0.1) is 13.8 Å². The molecule has 204 valence electrons. The van der Waals surface area contributed by atoms with Crippen LogP contribution < -0.4 is 14.4 Å². The summed E-state index contributed by atoms with van der Waals surface area (Å²) in [5.41, 5.74) is 9.91. The van der Waals surface area contributed by atoms with E-state index in [9.17, 15) is 4.79 Å². The summed E-state index contributed by atoms with van der Waals surface area (Å²) in [4.78, 5) is 13.7. The molecule has 5 aromatic carbocycles. The average Bonchev–Trinajstić information content (AvgIpc) is 2.99. The van der Waals surface area contributed by atoms with Crippen LogP contribution in [0.4, 0.5) is 17.1 Å². The van der Waals surface area contributed by atoms with Crippen molar-refractivity contribution in [1.82, 2.24) is 0 Å². The van der Waals surface area contributed by atoms with Crippen molar-refractivity contribution in [3.8, 4) is 11.5 Å². The lowest BCUT2D eigenvalue weighted by Crippen LogP contribution is -2.09. The van der Waals surface area contributed by atoms with Crippen LogP contribution in [0.15, 0.2) is 121 Å². The summed E-state index contributed by atoms with van der Waals surface area (Å²) in [5.74, 6) is 0.982. The molecule has 41 heavy (non-hydrogen) atoms. The predicted octanol–water partition coefficient (Wildman–Crippen LogP) is 9.30. The first-order valence-corrected chi connectivity index (χ1v) is 13.6. The molecule has 0 aromatic heterocycles. The third-order valence-corrected chi connectivity index (χ3v) is 6.87. The van der Waals surface area contributed by atoms with Gasteiger partial charge in [0.25, 0.3) is 0 Å². The number of hydrogen-bond acceptors (Lipinski definition) is 4. The van der Waals surface area contributed by atoms with E-state index in [2.05, 4.69) is 110 Å². The Bertz CT molecular complexity index is 1590. The summed E-state index contributed by atoms with van der Waals surface area (Å²) in [5, 5.41) is 0. The third-order valence-electron chi connectivity index (χ3n) is 6.87. The van der Waals surface area contributed by atoms with Crippen LogP contribution in [0.1, 0.15) is 34.7 Å². The van der Waals surface area contributed by atoms with Crippen molar-refractivity contribution >= 4 is 34.7 Å². The van der Waals surface area contributed by atoms with Crippen LogP contribution in [0.5, 0.6) is 11.5 Å². The van der Waals surface area contributed by atoms with E-state index in [1.165, 1.54) is 18.1 Å². The lowest BCUT2D eigenvalue weighted by Gasteiger charge is -2.26. The number of esters is 1. The van der Waals surface area contributed by atoms with Crippen molar-refractivity contribution in [2.24, 2.45) is 0 Å². The van der Waals surface area contributed by atoms with E-state index in [4.69, 9.17) is 9.47 Å². The molecule has 0 fully saturated rings. The Morgan fingerprint density at radius 2 is 1.00 bits per heavy atom. The van der Waals surface area contributed by atoms with Crippen molar-refractivity contribution in [1.29, 1.82) is 0 Å². The molecule has 0 N–H and O–H groups in total. The average molecular weight is 540 g/mol. The fourth-order valence-electron chi connectivity index (χ4n) is 4.69. The summed E-state index contributed by atoms with van der Waals surface area (Å²) in [6, 6.07) is 41.4. The minimum Gasteiger partial charge on any atom is -0.497 e. The Morgan fingerprint density at radius 1 is 0.585 bits per heavy atom. The lowest BCUT2D eigenvalue weighted by atomic mass is 9.95. The number of ether oxygens (including phenoxy) is 2. The van der Waals surface area contributed by atoms with Crippen LogP contribution >= 0.6 is 0 Å². The van der Waals surface area contributed by atoms with E-state index >= 15 is 0 Å². The molecule has 4 nitrogen and oxygen atoms in total. The lowest BCUT2D eigenvalue weighted by molar-refractivity contribution is -0.131. The molecular formula is C37H33NO3. The summed E-state index contributed by atoms with van der Waals surface area (Å²) in [6.07, 6.45) is 2.18. The number of nitrogens with zero attached hydrogens (tertiary/aromatic N) is 1. The highest BCUT2D eigenvalue weighted by molar-refractivity contribution is 5.92. The Balaban J connectivity index is 1.53. The molecule has 0 radical (unpaired) electrons. The molecule has 0 heterocycles. The van der Waals surface area contributed by atoms with Gasteiger partial charge in [0.05, 0.1) is 7.11 Å². The smallest absolute Gasteiger partial charge is 0.308 e. The van der Waals surface area contributed by atoms with E-state index in [1.54, 1.807) is 7.11 Å². The summed E-state index contributed by atoms with van der Waals surface area (Å²) < 4.78 is 10.6. The van der Waals surface area contributed by atoms with Crippen LogP contribution in [0.2, 0.25) is 0 Å². The van der Waals surface area contributed by atoms with Gasteiger partial charge >= 0.3 is 5.97 Å². The normalized spacial score (nSPS) is 11.2.